The summed E-state index contributed by atoms with van der Waals surface area (Å²) < 4.78 is 5.12. The van der Waals surface area contributed by atoms with Gasteiger partial charge in [0.25, 0.3) is 5.91 Å². The average molecular weight is 465 g/mol. The van der Waals surface area contributed by atoms with Gasteiger partial charge in [-0.1, -0.05) is 35.9 Å². The van der Waals surface area contributed by atoms with Gasteiger partial charge in [-0.15, -0.1) is 0 Å². The van der Waals surface area contributed by atoms with Crippen LogP contribution in [-0.4, -0.2) is 30.3 Å². The van der Waals surface area contributed by atoms with E-state index in [0.717, 1.165) is 12.0 Å². The highest BCUT2D eigenvalue weighted by Crippen LogP contribution is 2.53. The number of anilines is 2. The van der Waals surface area contributed by atoms with E-state index in [1.807, 2.05) is 19.1 Å². The van der Waals surface area contributed by atoms with E-state index in [-0.39, 0.29) is 41.0 Å². The van der Waals surface area contributed by atoms with E-state index in [1.165, 1.54) is 17.0 Å². The Morgan fingerprint density at radius 3 is 2.42 bits per heavy atom. The van der Waals surface area contributed by atoms with Crippen LogP contribution in [0.3, 0.4) is 0 Å². The van der Waals surface area contributed by atoms with Crippen molar-refractivity contribution in [3.8, 4) is 0 Å². The number of carbonyl (C=O) groups is 4. The second-order valence-corrected chi connectivity index (χ2v) is 9.06. The van der Waals surface area contributed by atoms with Crippen LogP contribution < -0.4 is 10.2 Å². The molecule has 1 aliphatic heterocycles. The average Bonchev–Trinajstić information content (AvgIpc) is 3.48. The minimum atomic E-state index is -0.727. The van der Waals surface area contributed by atoms with Crippen LogP contribution in [0, 0.1) is 30.6 Å². The quantitative estimate of drug-likeness (QED) is 0.413. The minimum absolute atomic E-state index is 0.108. The zero-order chi connectivity index (χ0) is 23.3. The molecule has 2 aliphatic carbocycles. The van der Waals surface area contributed by atoms with Crippen LogP contribution in [0.2, 0.25) is 5.02 Å². The first-order valence-electron chi connectivity index (χ1n) is 10.7. The van der Waals surface area contributed by atoms with Gasteiger partial charge in [-0.3, -0.25) is 14.4 Å². The Bertz CT molecular complexity index is 1190. The maximum Gasteiger partial charge on any atom is 0.338 e. The van der Waals surface area contributed by atoms with E-state index < -0.39 is 18.5 Å². The maximum atomic E-state index is 13.0. The molecule has 0 aromatic heterocycles. The number of hydrogen-bond acceptors (Lipinski definition) is 5. The van der Waals surface area contributed by atoms with Gasteiger partial charge in [0, 0.05) is 10.7 Å². The van der Waals surface area contributed by atoms with Gasteiger partial charge in [0.15, 0.2) is 6.61 Å². The highest BCUT2D eigenvalue weighted by atomic mass is 35.5. The van der Waals surface area contributed by atoms with Gasteiger partial charge in [0.2, 0.25) is 11.8 Å². The molecule has 3 aliphatic rings. The van der Waals surface area contributed by atoms with Crippen molar-refractivity contribution < 1.29 is 23.9 Å². The standard InChI is InChI=1S/C25H21ClN2O5/c1-13-5-8-17(11-19(13)26)27-20(29)12-33-25(32)16-3-2-4-18(10-16)28-23(30)21-14-6-7-15(9-14)22(21)24(28)31/h2-8,10-11,14-15,21-22H,9,12H2,1H3,(H,27,29)/t14-,15-,21-,22-/m0/s1. The molecule has 2 bridgehead atoms. The summed E-state index contributed by atoms with van der Waals surface area (Å²) >= 11 is 6.05. The molecule has 8 heteroatoms. The number of benzene rings is 2. The first-order chi connectivity index (χ1) is 15.8. The first-order valence-corrected chi connectivity index (χ1v) is 11.1. The van der Waals surface area contributed by atoms with E-state index >= 15 is 0 Å². The molecule has 2 aromatic carbocycles. The Hall–Kier alpha value is -3.45. The van der Waals surface area contributed by atoms with E-state index in [2.05, 4.69) is 5.32 Å². The van der Waals surface area contributed by atoms with E-state index in [4.69, 9.17) is 16.3 Å². The van der Waals surface area contributed by atoms with Crippen molar-refractivity contribution in [2.75, 3.05) is 16.8 Å². The number of rotatable bonds is 5. The molecule has 0 spiro atoms. The summed E-state index contributed by atoms with van der Waals surface area (Å²) in [5, 5.41) is 3.13. The predicted octanol–water partition coefficient (Wildman–Crippen LogP) is 3.76. The zero-order valence-corrected chi connectivity index (χ0v) is 18.5. The van der Waals surface area contributed by atoms with Crippen molar-refractivity contribution in [3.05, 3.63) is 70.8 Å². The normalized spacial score (nSPS) is 24.8. The van der Waals surface area contributed by atoms with E-state index in [0.29, 0.717) is 16.4 Å². The molecule has 168 valence electrons. The van der Waals surface area contributed by atoms with Crippen LogP contribution in [0.15, 0.2) is 54.6 Å². The third kappa shape index (κ3) is 3.72. The van der Waals surface area contributed by atoms with Crippen LogP contribution in [0.1, 0.15) is 22.3 Å². The highest BCUT2D eigenvalue weighted by molar-refractivity contribution is 6.31. The lowest BCUT2D eigenvalue weighted by Gasteiger charge is -2.18. The lowest BCUT2D eigenvalue weighted by Crippen LogP contribution is -2.33. The number of carbonyl (C=O) groups excluding carboxylic acids is 4. The fraction of sp³-hybridized carbons (Fsp3) is 0.280. The van der Waals surface area contributed by atoms with Gasteiger partial charge in [-0.05, 0) is 61.1 Å². The van der Waals surface area contributed by atoms with Gasteiger partial charge in [-0.25, -0.2) is 9.69 Å². The molecule has 1 saturated heterocycles. The van der Waals surface area contributed by atoms with E-state index in [9.17, 15) is 19.2 Å². The summed E-state index contributed by atoms with van der Waals surface area (Å²) in [6.07, 6.45) is 4.91. The molecule has 3 amide bonds. The molecule has 33 heavy (non-hydrogen) atoms. The molecule has 2 fully saturated rings. The van der Waals surface area contributed by atoms with Crippen molar-refractivity contribution in [1.29, 1.82) is 0 Å². The molecule has 1 N–H and O–H groups in total. The van der Waals surface area contributed by atoms with Gasteiger partial charge in [0.05, 0.1) is 23.1 Å². The fourth-order valence-corrected chi connectivity index (χ4v) is 5.19. The van der Waals surface area contributed by atoms with Crippen molar-refractivity contribution >= 4 is 46.7 Å². The summed E-state index contributed by atoms with van der Waals surface area (Å²) in [6, 6.07) is 11.3. The second kappa shape index (κ2) is 8.15. The maximum absolute atomic E-state index is 13.0. The number of imide groups is 1. The number of amides is 3. The summed E-state index contributed by atoms with van der Waals surface area (Å²) in [5.74, 6) is -2.10. The number of aryl methyl sites for hydroxylation is 1. The SMILES string of the molecule is Cc1ccc(NC(=O)COC(=O)c2cccc(N3C(=O)[C@@H]4[C@@H](C3=O)[C@H]3C=C[C@H]4C3)c2)cc1Cl. The second-order valence-electron chi connectivity index (χ2n) is 8.65. The molecule has 7 nitrogen and oxygen atoms in total. The third-order valence-corrected chi connectivity index (χ3v) is 7.01. The minimum Gasteiger partial charge on any atom is -0.452 e. The van der Waals surface area contributed by atoms with Crippen LogP contribution in [0.5, 0.6) is 0 Å². The van der Waals surface area contributed by atoms with Crippen molar-refractivity contribution in [2.24, 2.45) is 23.7 Å². The van der Waals surface area contributed by atoms with Crippen LogP contribution >= 0.6 is 11.6 Å². The fourth-order valence-electron chi connectivity index (χ4n) is 5.01. The molecule has 1 saturated carbocycles. The van der Waals surface area contributed by atoms with Gasteiger partial charge < -0.3 is 10.1 Å². The van der Waals surface area contributed by atoms with Crippen molar-refractivity contribution in [1.82, 2.24) is 0 Å². The number of ether oxygens (including phenoxy) is 1. The smallest absolute Gasteiger partial charge is 0.338 e. The molecule has 4 atom stereocenters. The molecule has 0 radical (unpaired) electrons. The summed E-state index contributed by atoms with van der Waals surface area (Å²) in [7, 11) is 0. The number of nitrogens with one attached hydrogen (secondary N) is 1. The monoisotopic (exact) mass is 464 g/mol. The lowest BCUT2D eigenvalue weighted by molar-refractivity contribution is -0.123. The highest BCUT2D eigenvalue weighted by Gasteiger charge is 2.59. The first kappa shape index (κ1) is 21.4. The van der Waals surface area contributed by atoms with Gasteiger partial charge in [-0.2, -0.15) is 0 Å². The predicted molar refractivity (Wildman–Crippen MR) is 122 cm³/mol. The number of halogens is 1. The summed E-state index contributed by atoms with van der Waals surface area (Å²) in [6.45, 7) is 1.36. The van der Waals surface area contributed by atoms with Crippen molar-refractivity contribution in [2.45, 2.75) is 13.3 Å². The lowest BCUT2D eigenvalue weighted by atomic mass is 9.85. The Morgan fingerprint density at radius 2 is 1.76 bits per heavy atom. The number of esters is 1. The molecule has 5 rings (SSSR count). The number of nitrogens with zero attached hydrogens (tertiary/aromatic N) is 1. The van der Waals surface area contributed by atoms with Crippen LogP contribution in [0.4, 0.5) is 11.4 Å². The molecular weight excluding hydrogens is 444 g/mol. The van der Waals surface area contributed by atoms with Crippen molar-refractivity contribution in [3.63, 3.8) is 0 Å². The number of hydrogen-bond donors (Lipinski definition) is 1. The number of fused-ring (bicyclic) bond motifs is 5. The molecule has 0 unspecified atom stereocenters. The Morgan fingerprint density at radius 1 is 1.06 bits per heavy atom. The van der Waals surface area contributed by atoms with Gasteiger partial charge in [0.1, 0.15) is 0 Å². The largest absolute Gasteiger partial charge is 0.452 e. The molecular formula is C25H21ClN2O5. The summed E-state index contributed by atoms with van der Waals surface area (Å²) in [4.78, 5) is 51.8. The Balaban J connectivity index is 1.24. The molecule has 2 aromatic rings. The topological polar surface area (TPSA) is 92.8 Å². The van der Waals surface area contributed by atoms with E-state index in [1.54, 1.807) is 30.3 Å². The van der Waals surface area contributed by atoms with Crippen LogP contribution in [0.25, 0.3) is 0 Å². The summed E-state index contributed by atoms with van der Waals surface area (Å²) in [5.41, 5.74) is 1.86. The van der Waals surface area contributed by atoms with Gasteiger partial charge >= 0.3 is 5.97 Å². The Kier molecular flexibility index (Phi) is 5.29. The van der Waals surface area contributed by atoms with Crippen LogP contribution in [-0.2, 0) is 19.1 Å². The third-order valence-electron chi connectivity index (χ3n) is 6.60. The Labute approximate surface area is 195 Å². The zero-order valence-electron chi connectivity index (χ0n) is 17.8. The number of allylic oxidation sites excluding steroid dienone is 2. The molecule has 1 heterocycles.